The van der Waals surface area contributed by atoms with Crippen molar-refractivity contribution in [1.29, 1.82) is 0 Å². The van der Waals surface area contributed by atoms with Crippen LogP contribution in [0.15, 0.2) is 72.8 Å². The van der Waals surface area contributed by atoms with Crippen LogP contribution in [-0.2, 0) is 9.59 Å². The van der Waals surface area contributed by atoms with Gasteiger partial charge in [0, 0.05) is 11.4 Å². The third-order valence-corrected chi connectivity index (χ3v) is 6.75. The third-order valence-electron chi connectivity index (χ3n) is 5.09. The molecule has 1 N–H and O–H groups in total. The molecule has 3 aromatic rings. The fraction of sp³-hybridized carbons (Fsp3) is 0.167. The number of alkyl halides is 1. The average molecular weight is 455 g/mol. The average Bonchev–Trinajstić information content (AvgIpc) is 3.17. The maximum atomic E-state index is 14.1. The first-order chi connectivity index (χ1) is 14.9. The van der Waals surface area contributed by atoms with Crippen molar-refractivity contribution < 1.29 is 14.0 Å². The molecule has 1 aliphatic rings. The Labute approximate surface area is 189 Å². The number of rotatable bonds is 5. The third kappa shape index (κ3) is 4.60. The molecule has 1 saturated heterocycles. The van der Waals surface area contributed by atoms with Gasteiger partial charge in [-0.3, -0.25) is 14.5 Å². The van der Waals surface area contributed by atoms with E-state index in [1.807, 2.05) is 30.3 Å². The number of anilines is 2. The van der Waals surface area contributed by atoms with Crippen molar-refractivity contribution in [3.8, 4) is 0 Å². The highest BCUT2D eigenvalue weighted by Crippen LogP contribution is 2.42. The molecule has 0 radical (unpaired) electrons. The Kier molecular flexibility index (Phi) is 6.30. The number of thioether (sulfide) groups is 1. The normalized spacial score (nSPS) is 16.9. The highest BCUT2D eigenvalue weighted by Gasteiger charge is 2.34. The van der Waals surface area contributed by atoms with Gasteiger partial charge in [0.15, 0.2) is 0 Å². The molecule has 1 heterocycles. The van der Waals surface area contributed by atoms with Crippen LogP contribution in [0.1, 0.15) is 27.4 Å². The summed E-state index contributed by atoms with van der Waals surface area (Å²) in [5, 5.41) is 1.76. The highest BCUT2D eigenvalue weighted by atomic mass is 35.5. The lowest BCUT2D eigenvalue weighted by Crippen LogP contribution is -2.28. The second-order valence-corrected chi connectivity index (χ2v) is 8.75. The molecule has 0 saturated carbocycles. The Morgan fingerprint density at radius 3 is 2.52 bits per heavy atom. The molecule has 0 aliphatic carbocycles. The summed E-state index contributed by atoms with van der Waals surface area (Å²) in [7, 11) is 0. The van der Waals surface area contributed by atoms with Gasteiger partial charge in [0.05, 0.1) is 5.75 Å². The molecule has 7 heteroatoms. The molecule has 3 aromatic carbocycles. The SMILES string of the molecule is Cc1ccc(N2C(=O)CS[C@H]2c2ccc(NC(=O)[C@H](Cl)c3ccccc3)cc2)cc1F. The molecule has 4 nitrogen and oxygen atoms in total. The van der Waals surface area contributed by atoms with Gasteiger partial charge in [-0.05, 0) is 47.9 Å². The minimum Gasteiger partial charge on any atom is -0.325 e. The molecule has 31 heavy (non-hydrogen) atoms. The number of nitrogens with one attached hydrogen (secondary N) is 1. The predicted molar refractivity (Wildman–Crippen MR) is 124 cm³/mol. The van der Waals surface area contributed by atoms with Gasteiger partial charge in [-0.2, -0.15) is 0 Å². The van der Waals surface area contributed by atoms with Gasteiger partial charge in [-0.1, -0.05) is 48.5 Å². The van der Waals surface area contributed by atoms with E-state index in [-0.39, 0.29) is 23.0 Å². The Hall–Kier alpha value is -2.83. The molecule has 4 rings (SSSR count). The van der Waals surface area contributed by atoms with E-state index in [2.05, 4.69) is 5.32 Å². The standard InChI is InChI=1S/C24H20ClFN2O2S/c1-15-7-12-19(13-20(15)26)28-21(29)14-31-24(28)17-8-10-18(11-9-17)27-23(30)22(25)16-5-3-2-4-6-16/h2-13,22,24H,14H2,1H3,(H,27,30)/t22-,24+/m1/s1. The summed E-state index contributed by atoms with van der Waals surface area (Å²) in [5.41, 5.74) is 3.29. The van der Waals surface area contributed by atoms with Crippen LogP contribution in [0.5, 0.6) is 0 Å². The van der Waals surface area contributed by atoms with E-state index in [4.69, 9.17) is 11.6 Å². The van der Waals surface area contributed by atoms with Crippen LogP contribution in [0.25, 0.3) is 0 Å². The lowest BCUT2D eigenvalue weighted by molar-refractivity contribution is -0.116. The maximum Gasteiger partial charge on any atom is 0.246 e. The van der Waals surface area contributed by atoms with Crippen molar-refractivity contribution in [2.24, 2.45) is 0 Å². The molecule has 2 amide bonds. The molecule has 2 atom stereocenters. The first-order valence-electron chi connectivity index (χ1n) is 9.73. The lowest BCUT2D eigenvalue weighted by Gasteiger charge is -2.25. The Morgan fingerprint density at radius 2 is 1.84 bits per heavy atom. The van der Waals surface area contributed by atoms with Gasteiger partial charge in [0.1, 0.15) is 16.6 Å². The van der Waals surface area contributed by atoms with Crippen LogP contribution >= 0.6 is 23.4 Å². The van der Waals surface area contributed by atoms with E-state index in [9.17, 15) is 14.0 Å². The van der Waals surface area contributed by atoms with Gasteiger partial charge in [-0.15, -0.1) is 23.4 Å². The number of nitrogens with zero attached hydrogens (tertiary/aromatic N) is 1. The highest BCUT2D eigenvalue weighted by molar-refractivity contribution is 8.00. The zero-order chi connectivity index (χ0) is 22.0. The molecule has 1 fully saturated rings. The topological polar surface area (TPSA) is 49.4 Å². The van der Waals surface area contributed by atoms with Crippen LogP contribution in [0.3, 0.4) is 0 Å². The summed E-state index contributed by atoms with van der Waals surface area (Å²) in [6.45, 7) is 1.69. The fourth-order valence-corrected chi connectivity index (χ4v) is 4.77. The Morgan fingerprint density at radius 1 is 1.13 bits per heavy atom. The maximum absolute atomic E-state index is 14.1. The summed E-state index contributed by atoms with van der Waals surface area (Å²) in [6, 6.07) is 21.2. The van der Waals surface area contributed by atoms with Gasteiger partial charge in [0.25, 0.3) is 0 Å². The lowest BCUT2D eigenvalue weighted by atomic mass is 10.1. The summed E-state index contributed by atoms with van der Waals surface area (Å²) in [4.78, 5) is 26.6. The molecular formula is C24H20ClFN2O2S. The van der Waals surface area contributed by atoms with Crippen LogP contribution < -0.4 is 10.2 Å². The van der Waals surface area contributed by atoms with Gasteiger partial charge < -0.3 is 5.32 Å². The van der Waals surface area contributed by atoms with Crippen molar-refractivity contribution in [3.63, 3.8) is 0 Å². The summed E-state index contributed by atoms with van der Waals surface area (Å²) < 4.78 is 14.1. The zero-order valence-corrected chi connectivity index (χ0v) is 18.3. The van der Waals surface area contributed by atoms with Crippen molar-refractivity contribution in [2.45, 2.75) is 17.7 Å². The number of benzene rings is 3. The second kappa shape index (κ2) is 9.12. The van der Waals surface area contributed by atoms with E-state index in [1.54, 1.807) is 48.2 Å². The van der Waals surface area contributed by atoms with Crippen molar-refractivity contribution in [2.75, 3.05) is 16.0 Å². The van der Waals surface area contributed by atoms with Crippen molar-refractivity contribution >= 4 is 46.6 Å². The number of carbonyl (C=O) groups is 2. The quantitative estimate of drug-likeness (QED) is 0.493. The van der Waals surface area contributed by atoms with Gasteiger partial charge in [0.2, 0.25) is 11.8 Å². The smallest absolute Gasteiger partial charge is 0.246 e. The van der Waals surface area contributed by atoms with Crippen LogP contribution in [0, 0.1) is 12.7 Å². The van der Waals surface area contributed by atoms with Crippen molar-refractivity contribution in [3.05, 3.63) is 95.3 Å². The summed E-state index contributed by atoms with van der Waals surface area (Å²) >= 11 is 7.76. The summed E-state index contributed by atoms with van der Waals surface area (Å²) in [5.74, 6) is -0.400. The van der Waals surface area contributed by atoms with Gasteiger partial charge >= 0.3 is 0 Å². The Balaban J connectivity index is 1.50. The van der Waals surface area contributed by atoms with Crippen LogP contribution in [0.2, 0.25) is 0 Å². The molecule has 158 valence electrons. The first kappa shape index (κ1) is 21.4. The largest absolute Gasteiger partial charge is 0.325 e. The number of amides is 2. The monoisotopic (exact) mass is 454 g/mol. The van der Waals surface area contributed by atoms with E-state index in [0.717, 1.165) is 11.1 Å². The van der Waals surface area contributed by atoms with E-state index < -0.39 is 5.38 Å². The molecule has 0 bridgehead atoms. The minimum absolute atomic E-state index is 0.0662. The minimum atomic E-state index is -0.796. The van der Waals surface area contributed by atoms with Crippen LogP contribution in [0.4, 0.5) is 15.8 Å². The molecule has 1 aliphatic heterocycles. The zero-order valence-electron chi connectivity index (χ0n) is 16.7. The second-order valence-electron chi connectivity index (χ2n) is 7.25. The fourth-order valence-electron chi connectivity index (χ4n) is 3.39. The van der Waals surface area contributed by atoms with E-state index in [1.165, 1.54) is 17.8 Å². The van der Waals surface area contributed by atoms with Crippen molar-refractivity contribution in [1.82, 2.24) is 0 Å². The number of hydrogen-bond donors (Lipinski definition) is 1. The van der Waals surface area contributed by atoms with E-state index >= 15 is 0 Å². The first-order valence-corrected chi connectivity index (χ1v) is 11.2. The number of aryl methyl sites for hydroxylation is 1. The van der Waals surface area contributed by atoms with Gasteiger partial charge in [-0.25, -0.2) is 4.39 Å². The number of halogens is 2. The molecule has 0 spiro atoms. The molecule has 0 unspecified atom stereocenters. The molecule has 0 aromatic heterocycles. The summed E-state index contributed by atoms with van der Waals surface area (Å²) in [6.07, 6.45) is 0. The Bertz CT molecular complexity index is 1110. The molecular weight excluding hydrogens is 435 g/mol. The number of carbonyl (C=O) groups excluding carboxylic acids is 2. The van der Waals surface area contributed by atoms with Crippen LogP contribution in [-0.4, -0.2) is 17.6 Å². The van der Waals surface area contributed by atoms with E-state index in [0.29, 0.717) is 22.7 Å². The number of hydrogen-bond acceptors (Lipinski definition) is 3. The predicted octanol–water partition coefficient (Wildman–Crippen LogP) is 5.83.